The zero-order valence-corrected chi connectivity index (χ0v) is 12.6. The van der Waals surface area contributed by atoms with Crippen LogP contribution in [-0.2, 0) is 4.74 Å². The Kier molecular flexibility index (Phi) is 3.99. The van der Waals surface area contributed by atoms with Crippen LogP contribution in [0.5, 0.6) is 0 Å². The number of halogens is 1. The van der Waals surface area contributed by atoms with Crippen LogP contribution >= 0.6 is 0 Å². The zero-order valence-electron chi connectivity index (χ0n) is 12.6. The summed E-state index contributed by atoms with van der Waals surface area (Å²) in [5.41, 5.74) is 0.582. The number of nitrogens with zero attached hydrogens (tertiary/aromatic N) is 1. The first-order valence-electron chi connectivity index (χ1n) is 7.64. The average molecular weight is 294 g/mol. The Morgan fingerprint density at radius 1 is 1.52 bits per heavy atom. The summed E-state index contributed by atoms with van der Waals surface area (Å²) in [6.07, 6.45) is 3.03. The average Bonchev–Trinajstić information content (AvgIpc) is 2.48. The molecule has 4 atom stereocenters. The van der Waals surface area contributed by atoms with Crippen molar-refractivity contribution in [3.63, 3.8) is 0 Å². The molecule has 116 valence electrons. The lowest BCUT2D eigenvalue weighted by atomic mass is 9.55. The molecule has 1 aromatic rings. The minimum Gasteiger partial charge on any atom is -0.385 e. The molecule has 1 aliphatic carbocycles. The molecule has 0 amide bonds. The Bertz CT molecular complexity index is 492. The number of fused-ring (bicyclic) bond motifs is 1. The minimum atomic E-state index is -0.718. The highest BCUT2D eigenvalue weighted by Gasteiger charge is 2.57. The first kappa shape index (κ1) is 14.9. The molecule has 1 aliphatic heterocycles. The second-order valence-electron chi connectivity index (χ2n) is 6.72. The first-order chi connectivity index (χ1) is 10.00. The van der Waals surface area contributed by atoms with E-state index in [1.807, 2.05) is 0 Å². The van der Waals surface area contributed by atoms with Crippen LogP contribution in [0, 0.1) is 17.2 Å². The molecule has 2 N–H and O–H groups in total. The molecule has 2 aliphatic rings. The molecule has 3 rings (SSSR count). The largest absolute Gasteiger partial charge is 0.385 e. The predicted octanol–water partition coefficient (Wildman–Crippen LogP) is 2.05. The lowest BCUT2D eigenvalue weighted by Gasteiger charge is -2.60. The van der Waals surface area contributed by atoms with Crippen molar-refractivity contribution in [2.24, 2.45) is 11.3 Å². The molecule has 1 saturated heterocycles. The highest BCUT2D eigenvalue weighted by atomic mass is 19.1. The van der Waals surface area contributed by atoms with Gasteiger partial charge in [-0.05, 0) is 25.0 Å². The molecule has 2 heterocycles. The van der Waals surface area contributed by atoms with E-state index in [0.717, 1.165) is 19.2 Å². The third-order valence-corrected chi connectivity index (χ3v) is 4.95. The van der Waals surface area contributed by atoms with Crippen LogP contribution in [0.2, 0.25) is 0 Å². The SMILES string of the molecule is CC1(C)C(NCC(O)c2ccc(F)cn2)C2CCCOC21. The van der Waals surface area contributed by atoms with E-state index >= 15 is 0 Å². The molecule has 21 heavy (non-hydrogen) atoms. The third kappa shape index (κ3) is 2.70. The quantitative estimate of drug-likeness (QED) is 0.892. The summed E-state index contributed by atoms with van der Waals surface area (Å²) >= 11 is 0. The number of ether oxygens (including phenoxy) is 1. The summed E-state index contributed by atoms with van der Waals surface area (Å²) in [7, 11) is 0. The minimum absolute atomic E-state index is 0.0844. The summed E-state index contributed by atoms with van der Waals surface area (Å²) in [5.74, 6) is 0.142. The maximum atomic E-state index is 12.8. The van der Waals surface area contributed by atoms with Gasteiger partial charge in [0.25, 0.3) is 0 Å². The van der Waals surface area contributed by atoms with Crippen LogP contribution in [0.3, 0.4) is 0 Å². The second-order valence-corrected chi connectivity index (χ2v) is 6.72. The Morgan fingerprint density at radius 3 is 3.05 bits per heavy atom. The van der Waals surface area contributed by atoms with Gasteiger partial charge in [-0.2, -0.15) is 0 Å². The van der Waals surface area contributed by atoms with Crippen molar-refractivity contribution >= 4 is 0 Å². The normalized spacial score (nSPS) is 32.1. The Morgan fingerprint density at radius 2 is 2.33 bits per heavy atom. The molecule has 4 nitrogen and oxygen atoms in total. The van der Waals surface area contributed by atoms with Gasteiger partial charge in [0, 0.05) is 30.5 Å². The van der Waals surface area contributed by atoms with Crippen molar-refractivity contribution in [2.75, 3.05) is 13.2 Å². The third-order valence-electron chi connectivity index (χ3n) is 4.95. The standard InChI is InChI=1S/C16H23FN2O2/c1-16(2)14(11-4-3-7-21-15(11)16)19-9-13(20)12-6-5-10(17)8-18-12/h5-6,8,11,13-15,19-20H,3-4,7,9H2,1-2H3. The highest BCUT2D eigenvalue weighted by molar-refractivity contribution is 5.12. The van der Waals surface area contributed by atoms with E-state index in [1.54, 1.807) is 0 Å². The van der Waals surface area contributed by atoms with Crippen molar-refractivity contribution in [3.05, 3.63) is 29.8 Å². The van der Waals surface area contributed by atoms with E-state index in [2.05, 4.69) is 24.1 Å². The fourth-order valence-electron chi connectivity index (χ4n) is 3.86. The zero-order chi connectivity index (χ0) is 15.0. The smallest absolute Gasteiger partial charge is 0.141 e. The van der Waals surface area contributed by atoms with Crippen LogP contribution in [-0.4, -0.2) is 35.4 Å². The number of aliphatic hydroxyl groups is 1. The monoisotopic (exact) mass is 294 g/mol. The molecular weight excluding hydrogens is 271 g/mol. The van der Waals surface area contributed by atoms with Crippen molar-refractivity contribution in [1.29, 1.82) is 0 Å². The molecular formula is C16H23FN2O2. The number of hydrogen-bond acceptors (Lipinski definition) is 4. The van der Waals surface area contributed by atoms with Crippen LogP contribution in [0.4, 0.5) is 4.39 Å². The van der Waals surface area contributed by atoms with Crippen LogP contribution in [0.25, 0.3) is 0 Å². The maximum absolute atomic E-state index is 12.8. The number of hydrogen-bond donors (Lipinski definition) is 2. The lowest BCUT2D eigenvalue weighted by Crippen LogP contribution is -2.69. The fraction of sp³-hybridized carbons (Fsp3) is 0.688. The van der Waals surface area contributed by atoms with Gasteiger partial charge < -0.3 is 15.2 Å². The summed E-state index contributed by atoms with van der Waals surface area (Å²) in [6.45, 7) is 5.70. The van der Waals surface area contributed by atoms with E-state index in [-0.39, 0.29) is 11.2 Å². The van der Waals surface area contributed by atoms with E-state index in [1.165, 1.54) is 18.6 Å². The van der Waals surface area contributed by atoms with Crippen molar-refractivity contribution in [2.45, 2.75) is 44.9 Å². The van der Waals surface area contributed by atoms with Gasteiger partial charge in [0.15, 0.2) is 0 Å². The molecule has 0 aromatic carbocycles. The van der Waals surface area contributed by atoms with Gasteiger partial charge in [-0.3, -0.25) is 4.98 Å². The predicted molar refractivity (Wildman–Crippen MR) is 77.2 cm³/mol. The Labute approximate surface area is 124 Å². The van der Waals surface area contributed by atoms with E-state index in [4.69, 9.17) is 4.74 Å². The summed E-state index contributed by atoms with van der Waals surface area (Å²) < 4.78 is 18.7. The molecule has 5 heteroatoms. The van der Waals surface area contributed by atoms with E-state index in [0.29, 0.717) is 30.3 Å². The Balaban J connectivity index is 1.58. The van der Waals surface area contributed by atoms with Crippen LogP contribution in [0.1, 0.15) is 38.5 Å². The van der Waals surface area contributed by atoms with Gasteiger partial charge in [-0.25, -0.2) is 4.39 Å². The Hall–Kier alpha value is -1.04. The highest BCUT2D eigenvalue weighted by Crippen LogP contribution is 2.51. The van der Waals surface area contributed by atoms with Crippen molar-refractivity contribution in [1.82, 2.24) is 10.3 Å². The number of nitrogens with one attached hydrogen (secondary N) is 1. The molecule has 1 aromatic heterocycles. The molecule has 1 saturated carbocycles. The van der Waals surface area contributed by atoms with Gasteiger partial charge in [0.1, 0.15) is 11.9 Å². The van der Waals surface area contributed by atoms with Gasteiger partial charge in [0.05, 0.1) is 18.0 Å². The fourth-order valence-corrected chi connectivity index (χ4v) is 3.86. The summed E-state index contributed by atoms with van der Waals surface area (Å²) in [6, 6.07) is 3.20. The van der Waals surface area contributed by atoms with Gasteiger partial charge in [0.2, 0.25) is 0 Å². The summed E-state index contributed by atoms with van der Waals surface area (Å²) in [5, 5.41) is 13.6. The van der Waals surface area contributed by atoms with Crippen LogP contribution < -0.4 is 5.32 Å². The van der Waals surface area contributed by atoms with Crippen LogP contribution in [0.15, 0.2) is 18.3 Å². The first-order valence-corrected chi connectivity index (χ1v) is 7.64. The van der Waals surface area contributed by atoms with Gasteiger partial charge >= 0.3 is 0 Å². The van der Waals surface area contributed by atoms with Crippen molar-refractivity contribution in [3.8, 4) is 0 Å². The van der Waals surface area contributed by atoms with E-state index in [9.17, 15) is 9.50 Å². The van der Waals surface area contributed by atoms with Crippen molar-refractivity contribution < 1.29 is 14.2 Å². The maximum Gasteiger partial charge on any atom is 0.141 e. The molecule has 0 spiro atoms. The number of aromatic nitrogens is 1. The number of pyridine rings is 1. The second kappa shape index (κ2) is 5.63. The lowest BCUT2D eigenvalue weighted by molar-refractivity contribution is -0.193. The van der Waals surface area contributed by atoms with Gasteiger partial charge in [-0.15, -0.1) is 0 Å². The summed E-state index contributed by atoms with van der Waals surface area (Å²) in [4.78, 5) is 3.93. The molecule has 0 bridgehead atoms. The number of rotatable bonds is 4. The topological polar surface area (TPSA) is 54.4 Å². The number of aliphatic hydroxyl groups excluding tert-OH is 1. The van der Waals surface area contributed by atoms with E-state index < -0.39 is 6.10 Å². The molecule has 0 radical (unpaired) electrons. The molecule has 4 unspecified atom stereocenters. The molecule has 2 fully saturated rings. The van der Waals surface area contributed by atoms with Gasteiger partial charge in [-0.1, -0.05) is 13.8 Å².